The highest BCUT2D eigenvalue weighted by molar-refractivity contribution is 5.67. The first-order valence-electron chi connectivity index (χ1n) is 3.69. The number of hydrogen-bond donors (Lipinski definition) is 1. The predicted molar refractivity (Wildman–Crippen MR) is 42.0 cm³/mol. The largest absolute Gasteiger partial charge is 0.448 e. The number of hydrogen-bond acceptors (Lipinski definition) is 4. The zero-order valence-electron chi connectivity index (χ0n) is 7.04. The lowest BCUT2D eigenvalue weighted by atomic mass is 10.6. The summed E-state index contributed by atoms with van der Waals surface area (Å²) in [5.41, 5.74) is 0.0287. The standard InChI is InChI=1S/C7H9N3O3/c1-2-13-7(11)9-6-4-3-5-8-10(6)12/h3-5,12H,2H2,1H3/b9-6-. The molecule has 1 heterocycles. The average molecular weight is 183 g/mol. The molecule has 0 radical (unpaired) electrons. The molecular weight excluding hydrogens is 174 g/mol. The Morgan fingerprint density at radius 2 is 2.62 bits per heavy atom. The third kappa shape index (κ3) is 2.58. The Morgan fingerprint density at radius 3 is 3.23 bits per heavy atom. The van der Waals surface area contributed by atoms with Crippen molar-refractivity contribution in [2.24, 2.45) is 4.99 Å². The van der Waals surface area contributed by atoms with Crippen molar-refractivity contribution in [1.29, 1.82) is 0 Å². The van der Waals surface area contributed by atoms with Gasteiger partial charge in [-0.25, -0.2) is 4.79 Å². The summed E-state index contributed by atoms with van der Waals surface area (Å²) in [5, 5.41) is 12.5. The van der Waals surface area contributed by atoms with Gasteiger partial charge in [0.15, 0.2) is 5.49 Å². The van der Waals surface area contributed by atoms with Crippen molar-refractivity contribution in [3.63, 3.8) is 0 Å². The van der Waals surface area contributed by atoms with Crippen LogP contribution in [0.1, 0.15) is 6.92 Å². The number of amides is 1. The monoisotopic (exact) mass is 183 g/mol. The molecule has 0 unspecified atom stereocenters. The van der Waals surface area contributed by atoms with Crippen molar-refractivity contribution in [1.82, 2.24) is 9.94 Å². The zero-order valence-corrected chi connectivity index (χ0v) is 7.04. The molecule has 1 aromatic heterocycles. The second-order valence-electron chi connectivity index (χ2n) is 2.08. The lowest BCUT2D eigenvalue weighted by Crippen LogP contribution is -2.22. The Morgan fingerprint density at radius 1 is 1.85 bits per heavy atom. The molecular formula is C7H9N3O3. The van der Waals surface area contributed by atoms with Crippen molar-refractivity contribution in [3.8, 4) is 0 Å². The van der Waals surface area contributed by atoms with E-state index in [-0.39, 0.29) is 12.1 Å². The van der Waals surface area contributed by atoms with E-state index in [0.29, 0.717) is 4.85 Å². The summed E-state index contributed by atoms with van der Waals surface area (Å²) in [6.45, 7) is 1.91. The quantitative estimate of drug-likeness (QED) is 0.630. The van der Waals surface area contributed by atoms with E-state index in [0.717, 1.165) is 0 Å². The summed E-state index contributed by atoms with van der Waals surface area (Å²) in [6.07, 6.45) is 0.614. The Kier molecular flexibility index (Phi) is 3.02. The normalized spacial score (nSPS) is 11.3. The minimum absolute atomic E-state index is 0.0287. The lowest BCUT2D eigenvalue weighted by Gasteiger charge is -1.95. The molecule has 0 saturated heterocycles. The Hall–Kier alpha value is -1.85. The van der Waals surface area contributed by atoms with Crippen LogP contribution >= 0.6 is 0 Å². The molecule has 0 aliphatic heterocycles. The molecule has 13 heavy (non-hydrogen) atoms. The van der Waals surface area contributed by atoms with Gasteiger partial charge >= 0.3 is 6.09 Å². The molecule has 70 valence electrons. The van der Waals surface area contributed by atoms with Gasteiger partial charge in [-0.15, -0.1) is 5.10 Å². The summed E-state index contributed by atoms with van der Waals surface area (Å²) in [6, 6.07) is 2.98. The van der Waals surface area contributed by atoms with Crippen molar-refractivity contribution in [2.75, 3.05) is 6.61 Å². The van der Waals surface area contributed by atoms with Gasteiger partial charge in [-0.05, 0) is 19.1 Å². The van der Waals surface area contributed by atoms with Gasteiger partial charge in [0.05, 0.1) is 12.8 Å². The maximum atomic E-state index is 10.8. The SMILES string of the molecule is CCOC(=O)/N=c1/cccnn1O. The van der Waals surface area contributed by atoms with Crippen LogP contribution < -0.4 is 5.49 Å². The molecule has 0 aromatic carbocycles. The summed E-state index contributed by atoms with van der Waals surface area (Å²) in [4.78, 5) is 14.8. The molecule has 0 spiro atoms. The molecule has 0 atom stereocenters. The molecule has 6 heteroatoms. The zero-order chi connectivity index (χ0) is 9.68. The van der Waals surface area contributed by atoms with Gasteiger partial charge in [-0.1, -0.05) is 4.85 Å². The van der Waals surface area contributed by atoms with Gasteiger partial charge in [0.1, 0.15) is 0 Å². The highest BCUT2D eigenvalue weighted by Gasteiger charge is 1.97. The number of carbonyl (C=O) groups excluding carboxylic acids is 1. The number of ether oxygens (including phenoxy) is 1. The molecule has 1 amide bonds. The van der Waals surface area contributed by atoms with E-state index in [4.69, 9.17) is 5.21 Å². The summed E-state index contributed by atoms with van der Waals surface area (Å²) in [5.74, 6) is 0. The first-order chi connectivity index (χ1) is 6.24. The third-order valence-electron chi connectivity index (χ3n) is 1.19. The maximum absolute atomic E-state index is 10.8. The topological polar surface area (TPSA) is 76.7 Å². The second-order valence-corrected chi connectivity index (χ2v) is 2.08. The van der Waals surface area contributed by atoms with Crippen LogP contribution in [0.4, 0.5) is 4.79 Å². The van der Waals surface area contributed by atoms with Crippen molar-refractivity contribution >= 4 is 6.09 Å². The van der Waals surface area contributed by atoms with Gasteiger partial charge in [0.25, 0.3) is 0 Å². The van der Waals surface area contributed by atoms with Gasteiger partial charge in [-0.3, -0.25) is 0 Å². The van der Waals surface area contributed by atoms with Crippen molar-refractivity contribution in [2.45, 2.75) is 6.92 Å². The van der Waals surface area contributed by atoms with Crippen LogP contribution in [-0.2, 0) is 4.74 Å². The minimum atomic E-state index is -0.752. The summed E-state index contributed by atoms with van der Waals surface area (Å²) < 4.78 is 4.54. The van der Waals surface area contributed by atoms with Crippen LogP contribution in [0.3, 0.4) is 0 Å². The number of aromatic nitrogens is 2. The number of nitrogens with zero attached hydrogens (tertiary/aromatic N) is 3. The van der Waals surface area contributed by atoms with Crippen LogP contribution in [0.2, 0.25) is 0 Å². The highest BCUT2D eigenvalue weighted by atomic mass is 16.5. The fourth-order valence-electron chi connectivity index (χ4n) is 0.688. The molecule has 0 bridgehead atoms. The second kappa shape index (κ2) is 4.24. The van der Waals surface area contributed by atoms with Crippen LogP contribution in [0.15, 0.2) is 23.3 Å². The molecule has 1 N–H and O–H groups in total. The molecule has 0 fully saturated rings. The fourth-order valence-corrected chi connectivity index (χ4v) is 0.688. The minimum Gasteiger partial charge on any atom is -0.448 e. The fraction of sp³-hybridized carbons (Fsp3) is 0.286. The molecule has 6 nitrogen and oxygen atoms in total. The summed E-state index contributed by atoms with van der Waals surface area (Å²) in [7, 11) is 0. The first kappa shape index (κ1) is 9.24. The van der Waals surface area contributed by atoms with Gasteiger partial charge in [-0.2, -0.15) is 4.99 Å². The van der Waals surface area contributed by atoms with Crippen LogP contribution in [0, 0.1) is 0 Å². The molecule has 0 saturated carbocycles. The molecule has 1 aromatic rings. The van der Waals surface area contributed by atoms with E-state index in [2.05, 4.69) is 14.8 Å². The summed E-state index contributed by atoms with van der Waals surface area (Å²) >= 11 is 0. The Balaban J connectivity index is 2.94. The van der Waals surface area contributed by atoms with Gasteiger partial charge in [0, 0.05) is 0 Å². The van der Waals surface area contributed by atoms with E-state index in [9.17, 15) is 4.79 Å². The Labute approximate surface area is 74.1 Å². The van der Waals surface area contributed by atoms with Crippen LogP contribution in [-0.4, -0.2) is 27.9 Å². The lowest BCUT2D eigenvalue weighted by molar-refractivity contribution is 0.127. The molecule has 1 rings (SSSR count). The van der Waals surface area contributed by atoms with E-state index in [1.165, 1.54) is 12.3 Å². The number of carbonyl (C=O) groups is 1. The molecule has 0 aliphatic carbocycles. The Bertz CT molecular complexity index is 358. The predicted octanol–water partition coefficient (Wildman–Crippen LogP) is 0.178. The third-order valence-corrected chi connectivity index (χ3v) is 1.19. The molecule has 0 aliphatic rings. The van der Waals surface area contributed by atoms with E-state index in [1.807, 2.05) is 0 Å². The van der Waals surface area contributed by atoms with E-state index >= 15 is 0 Å². The van der Waals surface area contributed by atoms with E-state index < -0.39 is 6.09 Å². The van der Waals surface area contributed by atoms with E-state index in [1.54, 1.807) is 13.0 Å². The number of rotatable bonds is 1. The van der Waals surface area contributed by atoms with Crippen molar-refractivity contribution < 1.29 is 14.7 Å². The highest BCUT2D eigenvalue weighted by Crippen LogP contribution is 1.80. The van der Waals surface area contributed by atoms with Crippen LogP contribution in [0.25, 0.3) is 0 Å². The smallest absolute Gasteiger partial charge is 0.435 e. The van der Waals surface area contributed by atoms with Crippen molar-refractivity contribution in [3.05, 3.63) is 23.8 Å². The van der Waals surface area contributed by atoms with Gasteiger partial charge in [0.2, 0.25) is 0 Å². The van der Waals surface area contributed by atoms with Crippen LogP contribution in [0.5, 0.6) is 0 Å². The maximum Gasteiger partial charge on any atom is 0.435 e. The average Bonchev–Trinajstić information content (AvgIpc) is 2.09. The van der Waals surface area contributed by atoms with Gasteiger partial charge < -0.3 is 9.94 Å². The first-order valence-corrected chi connectivity index (χ1v) is 3.69.